The highest BCUT2D eigenvalue weighted by molar-refractivity contribution is 6.05. The normalized spacial score (nSPS) is 14.4. The molecule has 2 atom stereocenters. The van der Waals surface area contributed by atoms with E-state index in [1.54, 1.807) is 30.3 Å². The maximum Gasteiger partial charge on any atom is 0.338 e. The van der Waals surface area contributed by atoms with Crippen molar-refractivity contribution in [1.82, 2.24) is 0 Å². The molecule has 12 nitrogen and oxygen atoms in total. The van der Waals surface area contributed by atoms with E-state index in [1.807, 2.05) is 30.3 Å². The second-order valence-corrected chi connectivity index (χ2v) is 12.2. The fraction of sp³-hybridized carbons (Fsp3) is 0.238. The first-order valence-electron chi connectivity index (χ1n) is 17.1. The summed E-state index contributed by atoms with van der Waals surface area (Å²) in [5, 5.41) is 2.56. The summed E-state index contributed by atoms with van der Waals surface area (Å²) in [5.41, 5.74) is 2.04. The molecule has 0 fully saturated rings. The van der Waals surface area contributed by atoms with Crippen molar-refractivity contribution < 1.29 is 56.6 Å². The van der Waals surface area contributed by atoms with Crippen LogP contribution in [0, 0.1) is 5.82 Å². The van der Waals surface area contributed by atoms with E-state index in [4.69, 9.17) is 42.6 Å². The second-order valence-electron chi connectivity index (χ2n) is 12.2. The number of rotatable bonds is 14. The van der Waals surface area contributed by atoms with Gasteiger partial charge in [-0.1, -0.05) is 30.3 Å². The van der Waals surface area contributed by atoms with Crippen molar-refractivity contribution in [3.05, 3.63) is 125 Å². The zero-order chi connectivity index (χ0) is 39.1. The molecular formula is C42H40FNO11. The quantitative estimate of drug-likeness (QED) is 0.113. The molecule has 6 rings (SSSR count). The molecule has 0 saturated heterocycles. The lowest BCUT2D eigenvalue weighted by Crippen LogP contribution is -2.35. The molecule has 55 heavy (non-hydrogen) atoms. The predicted octanol–water partition coefficient (Wildman–Crippen LogP) is 7.61. The highest BCUT2D eigenvalue weighted by Gasteiger charge is 2.38. The Bertz CT molecular complexity index is 2150. The molecule has 13 heteroatoms. The molecule has 0 saturated carbocycles. The first kappa shape index (κ1) is 38.1. The largest absolute Gasteiger partial charge is 0.496 e. The van der Waals surface area contributed by atoms with Gasteiger partial charge in [-0.3, -0.25) is 4.79 Å². The van der Waals surface area contributed by atoms with Crippen molar-refractivity contribution in [3.8, 4) is 46.0 Å². The van der Waals surface area contributed by atoms with Crippen LogP contribution in [0.25, 0.3) is 0 Å². The number of anilines is 1. The van der Waals surface area contributed by atoms with Gasteiger partial charge >= 0.3 is 5.97 Å². The van der Waals surface area contributed by atoms with Gasteiger partial charge in [-0.15, -0.1) is 0 Å². The Morgan fingerprint density at radius 1 is 0.709 bits per heavy atom. The van der Waals surface area contributed by atoms with Crippen LogP contribution in [0.4, 0.5) is 10.1 Å². The monoisotopic (exact) mass is 753 g/mol. The molecule has 0 bridgehead atoms. The van der Waals surface area contributed by atoms with Gasteiger partial charge in [0.05, 0.1) is 53.9 Å². The molecule has 0 radical (unpaired) electrons. The summed E-state index contributed by atoms with van der Waals surface area (Å²) in [6.07, 6.45) is -1.64. The fourth-order valence-electron chi connectivity index (χ4n) is 6.19. The number of nitrogens with one attached hydrogen (secondary N) is 1. The second kappa shape index (κ2) is 17.0. The lowest BCUT2D eigenvalue weighted by atomic mass is 9.93. The van der Waals surface area contributed by atoms with Gasteiger partial charge in [0.15, 0.2) is 29.1 Å². The number of esters is 1. The van der Waals surface area contributed by atoms with Crippen LogP contribution in [-0.4, -0.2) is 60.6 Å². The van der Waals surface area contributed by atoms with Crippen molar-refractivity contribution in [1.29, 1.82) is 0 Å². The summed E-state index contributed by atoms with van der Waals surface area (Å²) in [5.74, 6) is 1.08. The van der Waals surface area contributed by atoms with Crippen LogP contribution in [0.1, 0.15) is 43.5 Å². The van der Waals surface area contributed by atoms with Crippen molar-refractivity contribution >= 4 is 17.6 Å². The maximum absolute atomic E-state index is 15.2. The van der Waals surface area contributed by atoms with Gasteiger partial charge in [-0.2, -0.15) is 0 Å². The number of amides is 1. The smallest absolute Gasteiger partial charge is 0.338 e. The summed E-state index contributed by atoms with van der Waals surface area (Å²) in [4.78, 5) is 27.3. The Balaban J connectivity index is 1.27. The third-order valence-electron chi connectivity index (χ3n) is 8.98. The minimum atomic E-state index is -0.929. The molecule has 0 unspecified atom stereocenters. The first-order valence-corrected chi connectivity index (χ1v) is 17.1. The molecule has 286 valence electrons. The Labute approximate surface area is 317 Å². The maximum atomic E-state index is 15.2. The average molecular weight is 754 g/mol. The van der Waals surface area contributed by atoms with Crippen LogP contribution < -0.4 is 43.2 Å². The number of methoxy groups -OCH3 is 6. The summed E-state index contributed by atoms with van der Waals surface area (Å²) >= 11 is 0. The number of benzene rings is 5. The summed E-state index contributed by atoms with van der Waals surface area (Å²) < 4.78 is 66.9. The molecule has 1 N–H and O–H groups in total. The van der Waals surface area contributed by atoms with Gasteiger partial charge in [0, 0.05) is 35.2 Å². The van der Waals surface area contributed by atoms with E-state index in [2.05, 4.69) is 5.32 Å². The number of hydrogen-bond acceptors (Lipinski definition) is 11. The highest BCUT2D eigenvalue weighted by atomic mass is 19.1. The van der Waals surface area contributed by atoms with Crippen molar-refractivity contribution in [2.45, 2.75) is 25.2 Å². The van der Waals surface area contributed by atoms with E-state index in [1.165, 1.54) is 66.9 Å². The average Bonchev–Trinajstić information content (AvgIpc) is 3.22. The molecule has 5 aromatic rings. The molecule has 1 aliphatic heterocycles. The molecule has 1 amide bonds. The third kappa shape index (κ3) is 8.30. The van der Waals surface area contributed by atoms with Crippen molar-refractivity contribution in [3.63, 3.8) is 0 Å². The number of ether oxygens (including phenoxy) is 9. The Hall–Kier alpha value is -6.63. The van der Waals surface area contributed by atoms with Gasteiger partial charge in [-0.05, 0) is 54.1 Å². The van der Waals surface area contributed by atoms with E-state index < -0.39 is 29.9 Å². The lowest BCUT2D eigenvalue weighted by molar-refractivity contribution is -0.0188. The van der Waals surface area contributed by atoms with Crippen LogP contribution in [0.5, 0.6) is 46.0 Å². The van der Waals surface area contributed by atoms with E-state index in [0.717, 1.165) is 11.6 Å². The van der Waals surface area contributed by atoms with E-state index in [-0.39, 0.29) is 29.8 Å². The molecule has 0 aromatic heterocycles. The van der Waals surface area contributed by atoms with E-state index in [0.29, 0.717) is 57.1 Å². The summed E-state index contributed by atoms with van der Waals surface area (Å²) in [6.45, 7) is 0.236. The van der Waals surface area contributed by atoms with Crippen LogP contribution in [0.15, 0.2) is 91.0 Å². The number of carbonyl (C=O) groups is 2. The van der Waals surface area contributed by atoms with Gasteiger partial charge in [0.1, 0.15) is 35.8 Å². The van der Waals surface area contributed by atoms with Gasteiger partial charge in [0.2, 0.25) is 5.75 Å². The van der Waals surface area contributed by atoms with Gasteiger partial charge in [0.25, 0.3) is 5.91 Å². The topological polar surface area (TPSA) is 129 Å². The van der Waals surface area contributed by atoms with Crippen LogP contribution in [0.3, 0.4) is 0 Å². The third-order valence-corrected chi connectivity index (χ3v) is 8.98. The number of hydrogen-bond donors (Lipinski definition) is 1. The zero-order valence-corrected chi connectivity index (χ0v) is 31.1. The standard InChI is InChI=1S/C42H40FNO11/c1-47-28-20-33(49-3)29-22-38(39(54-34(29)21-28)27-18-36(50-4)40(52-6)37(19-27)51-5)55-42(46)26-12-14-30(43)31(16-26)44-41(45)25-13-15-32(48-2)35(17-25)53-23-24-10-8-7-9-11-24/h7-21,38-39H,22-23H2,1-6H3,(H,44,45)/t38-,39-/m1/s1. The van der Waals surface area contributed by atoms with E-state index >= 15 is 4.39 Å². The summed E-state index contributed by atoms with van der Waals surface area (Å²) in [6, 6.07) is 24.5. The van der Waals surface area contributed by atoms with Crippen molar-refractivity contribution in [2.24, 2.45) is 0 Å². The SMILES string of the molecule is COc1cc(OC)c2c(c1)O[C@H](c1cc(OC)c(OC)c(OC)c1)[C@H](OC(=O)c1ccc(F)c(NC(=O)c3ccc(OC)c(OCc4ccccc4)c3)c1)C2. The van der Waals surface area contributed by atoms with Crippen LogP contribution in [-0.2, 0) is 17.8 Å². The molecule has 1 aliphatic rings. The molecule has 0 spiro atoms. The minimum Gasteiger partial charge on any atom is -0.496 e. The van der Waals surface area contributed by atoms with Gasteiger partial charge in [-0.25, -0.2) is 9.18 Å². The zero-order valence-electron chi connectivity index (χ0n) is 31.1. The Kier molecular flexibility index (Phi) is 11.8. The van der Waals surface area contributed by atoms with Gasteiger partial charge < -0.3 is 47.9 Å². The Morgan fingerprint density at radius 3 is 2.05 bits per heavy atom. The summed E-state index contributed by atoms with van der Waals surface area (Å²) in [7, 11) is 9.00. The van der Waals surface area contributed by atoms with Crippen molar-refractivity contribution in [2.75, 3.05) is 48.0 Å². The minimum absolute atomic E-state index is 0.0190. The fourth-order valence-corrected chi connectivity index (χ4v) is 6.19. The van der Waals surface area contributed by atoms with E-state index in [9.17, 15) is 9.59 Å². The van der Waals surface area contributed by atoms with Crippen LogP contribution >= 0.6 is 0 Å². The predicted molar refractivity (Wildman–Crippen MR) is 200 cm³/mol. The number of fused-ring (bicyclic) bond motifs is 1. The lowest BCUT2D eigenvalue weighted by Gasteiger charge is -2.34. The molecule has 1 heterocycles. The Morgan fingerprint density at radius 2 is 1.40 bits per heavy atom. The first-order chi connectivity index (χ1) is 26.7. The van der Waals surface area contributed by atoms with Crippen LogP contribution in [0.2, 0.25) is 0 Å². The molecule has 5 aromatic carbocycles. The number of halogens is 1. The molecular weight excluding hydrogens is 713 g/mol. The highest BCUT2D eigenvalue weighted by Crippen LogP contribution is 2.47. The molecule has 0 aliphatic carbocycles. The number of carbonyl (C=O) groups excluding carboxylic acids is 2.